The summed E-state index contributed by atoms with van der Waals surface area (Å²) in [6, 6.07) is 0. The van der Waals surface area contributed by atoms with Crippen LogP contribution in [-0.4, -0.2) is 23.1 Å². The molecule has 0 aromatic rings. The second-order valence-electron chi connectivity index (χ2n) is 8.09. The van der Waals surface area contributed by atoms with Crippen LogP contribution in [0.2, 0.25) is 0 Å². The number of esters is 1. The number of carboxylic acid groups (broad SMARTS) is 1. The lowest BCUT2D eigenvalue weighted by atomic mass is 9.44. The van der Waals surface area contributed by atoms with Crippen molar-refractivity contribution in [2.45, 2.75) is 58.0 Å². The Hall–Kier alpha value is -1.58. The Bertz CT molecular complexity index is 548. The van der Waals surface area contributed by atoms with Crippen molar-refractivity contribution in [2.24, 2.45) is 22.7 Å². The third-order valence-electron chi connectivity index (χ3n) is 6.13. The molecule has 0 saturated heterocycles. The Labute approximate surface area is 137 Å². The van der Waals surface area contributed by atoms with E-state index >= 15 is 0 Å². The van der Waals surface area contributed by atoms with Crippen molar-refractivity contribution in [2.75, 3.05) is 0 Å². The van der Waals surface area contributed by atoms with E-state index in [2.05, 4.69) is 13.2 Å². The van der Waals surface area contributed by atoms with E-state index in [1.54, 1.807) is 6.08 Å². The minimum absolute atomic E-state index is 0.216. The Balaban J connectivity index is 1.84. The van der Waals surface area contributed by atoms with E-state index in [1.165, 1.54) is 0 Å². The standard InChI is InChI=1S/C19H26O4/c1-4-5-15(12(2)3)23-17(22)19-9-13-6-14(10-19)8-18(7-13,11-19)16(20)21/h4,13-15H,1-2,5-11H2,3H3,(H,20,21). The summed E-state index contributed by atoms with van der Waals surface area (Å²) in [5.74, 6) is -0.247. The van der Waals surface area contributed by atoms with Crippen LogP contribution in [0.3, 0.4) is 0 Å². The second-order valence-corrected chi connectivity index (χ2v) is 8.09. The molecule has 0 aromatic carbocycles. The van der Waals surface area contributed by atoms with Crippen molar-refractivity contribution >= 4 is 11.9 Å². The van der Waals surface area contributed by atoms with Crippen LogP contribution in [0, 0.1) is 22.7 Å². The van der Waals surface area contributed by atoms with Gasteiger partial charge in [-0.25, -0.2) is 0 Å². The fourth-order valence-corrected chi connectivity index (χ4v) is 5.51. The third-order valence-corrected chi connectivity index (χ3v) is 6.13. The first-order valence-corrected chi connectivity index (χ1v) is 8.51. The van der Waals surface area contributed by atoms with Crippen molar-refractivity contribution in [3.63, 3.8) is 0 Å². The topological polar surface area (TPSA) is 63.6 Å². The van der Waals surface area contributed by atoms with Gasteiger partial charge in [0, 0.05) is 6.42 Å². The molecule has 1 N–H and O–H groups in total. The van der Waals surface area contributed by atoms with Crippen LogP contribution in [0.5, 0.6) is 0 Å². The van der Waals surface area contributed by atoms with Crippen molar-refractivity contribution in [3.05, 3.63) is 24.8 Å². The molecule has 3 unspecified atom stereocenters. The zero-order chi connectivity index (χ0) is 16.8. The van der Waals surface area contributed by atoms with Gasteiger partial charge in [-0.2, -0.15) is 0 Å². The van der Waals surface area contributed by atoms with Gasteiger partial charge in [0.2, 0.25) is 0 Å². The molecule has 4 fully saturated rings. The zero-order valence-electron chi connectivity index (χ0n) is 13.8. The van der Waals surface area contributed by atoms with Crippen LogP contribution in [-0.2, 0) is 14.3 Å². The van der Waals surface area contributed by atoms with Gasteiger partial charge in [-0.15, -0.1) is 6.58 Å². The normalized spacial score (nSPS) is 38.8. The van der Waals surface area contributed by atoms with Crippen LogP contribution in [0.15, 0.2) is 24.8 Å². The predicted octanol–water partition coefficient (Wildman–Crippen LogP) is 3.72. The van der Waals surface area contributed by atoms with Crippen molar-refractivity contribution < 1.29 is 19.4 Å². The average Bonchev–Trinajstić information content (AvgIpc) is 2.45. The van der Waals surface area contributed by atoms with Crippen LogP contribution >= 0.6 is 0 Å². The molecule has 4 saturated carbocycles. The largest absolute Gasteiger partial charge is 0.481 e. The van der Waals surface area contributed by atoms with Gasteiger partial charge in [-0.3, -0.25) is 9.59 Å². The van der Waals surface area contributed by atoms with E-state index in [0.29, 0.717) is 24.7 Å². The maximum Gasteiger partial charge on any atom is 0.312 e. The first kappa shape index (κ1) is 16.3. The van der Waals surface area contributed by atoms with E-state index in [9.17, 15) is 14.7 Å². The number of carbonyl (C=O) groups is 2. The van der Waals surface area contributed by atoms with E-state index in [-0.39, 0.29) is 12.1 Å². The predicted molar refractivity (Wildman–Crippen MR) is 86.7 cm³/mol. The van der Waals surface area contributed by atoms with Crippen LogP contribution in [0.4, 0.5) is 0 Å². The Morgan fingerprint density at radius 2 is 1.83 bits per heavy atom. The number of aliphatic carboxylic acids is 1. The number of hydrogen-bond donors (Lipinski definition) is 1. The van der Waals surface area contributed by atoms with E-state index < -0.39 is 16.8 Å². The molecule has 3 atom stereocenters. The summed E-state index contributed by atoms with van der Waals surface area (Å²) in [5, 5.41) is 9.75. The fourth-order valence-electron chi connectivity index (χ4n) is 5.51. The molecular formula is C19H26O4. The van der Waals surface area contributed by atoms with Gasteiger partial charge in [-0.1, -0.05) is 12.7 Å². The summed E-state index contributed by atoms with van der Waals surface area (Å²) in [7, 11) is 0. The molecule has 4 aliphatic rings. The van der Waals surface area contributed by atoms with Gasteiger partial charge < -0.3 is 9.84 Å². The summed E-state index contributed by atoms with van der Waals surface area (Å²) >= 11 is 0. The summed E-state index contributed by atoms with van der Waals surface area (Å²) in [5.41, 5.74) is -0.506. The number of ether oxygens (including phenoxy) is 1. The quantitative estimate of drug-likeness (QED) is 0.599. The Kier molecular flexibility index (Phi) is 3.89. The number of carboxylic acids is 1. The fraction of sp³-hybridized carbons (Fsp3) is 0.684. The molecule has 0 radical (unpaired) electrons. The highest BCUT2D eigenvalue weighted by atomic mass is 16.5. The summed E-state index contributed by atoms with van der Waals surface area (Å²) < 4.78 is 5.76. The lowest BCUT2D eigenvalue weighted by Crippen LogP contribution is -2.58. The first-order valence-electron chi connectivity index (χ1n) is 8.51. The smallest absolute Gasteiger partial charge is 0.312 e. The maximum absolute atomic E-state index is 13.0. The van der Waals surface area contributed by atoms with E-state index in [1.807, 2.05) is 6.92 Å². The molecule has 4 rings (SSSR count). The molecule has 126 valence electrons. The molecular weight excluding hydrogens is 292 g/mol. The number of carbonyl (C=O) groups excluding carboxylic acids is 1. The van der Waals surface area contributed by atoms with Crippen molar-refractivity contribution in [3.8, 4) is 0 Å². The Morgan fingerprint density at radius 3 is 2.30 bits per heavy atom. The van der Waals surface area contributed by atoms with Gasteiger partial charge >= 0.3 is 11.9 Å². The van der Waals surface area contributed by atoms with Crippen LogP contribution < -0.4 is 0 Å². The van der Waals surface area contributed by atoms with Gasteiger partial charge in [0.05, 0.1) is 10.8 Å². The van der Waals surface area contributed by atoms with Gasteiger partial charge in [0.1, 0.15) is 6.10 Å². The molecule has 0 aromatic heterocycles. The molecule has 0 spiro atoms. The number of hydrogen-bond acceptors (Lipinski definition) is 3. The Morgan fingerprint density at radius 1 is 1.26 bits per heavy atom. The monoisotopic (exact) mass is 318 g/mol. The third kappa shape index (κ3) is 2.62. The molecule has 23 heavy (non-hydrogen) atoms. The number of rotatable bonds is 6. The van der Waals surface area contributed by atoms with Crippen LogP contribution in [0.1, 0.15) is 51.9 Å². The molecule has 0 amide bonds. The highest BCUT2D eigenvalue weighted by Gasteiger charge is 2.64. The van der Waals surface area contributed by atoms with Gasteiger partial charge in [0.15, 0.2) is 0 Å². The molecule has 0 aliphatic heterocycles. The zero-order valence-corrected chi connectivity index (χ0v) is 13.8. The van der Waals surface area contributed by atoms with E-state index in [0.717, 1.165) is 37.7 Å². The minimum atomic E-state index is -0.730. The molecule has 4 heteroatoms. The maximum atomic E-state index is 13.0. The van der Waals surface area contributed by atoms with E-state index in [4.69, 9.17) is 4.74 Å². The highest BCUT2D eigenvalue weighted by Crippen LogP contribution is 2.65. The first-order chi connectivity index (χ1) is 10.8. The lowest BCUT2D eigenvalue weighted by molar-refractivity contribution is -0.193. The summed E-state index contributed by atoms with van der Waals surface area (Å²) in [4.78, 5) is 24.8. The second kappa shape index (κ2) is 5.50. The summed E-state index contributed by atoms with van der Waals surface area (Å²) in [6.45, 7) is 9.45. The SMILES string of the molecule is C=CCC(OC(=O)C12CC3CC(CC(C(=O)O)(C3)C1)C2)C(=C)C. The minimum Gasteiger partial charge on any atom is -0.481 e. The lowest BCUT2D eigenvalue weighted by Gasteiger charge is -2.59. The highest BCUT2D eigenvalue weighted by molar-refractivity contribution is 5.82. The summed E-state index contributed by atoms with van der Waals surface area (Å²) in [6.07, 6.45) is 6.46. The van der Waals surface area contributed by atoms with Crippen molar-refractivity contribution in [1.29, 1.82) is 0 Å². The van der Waals surface area contributed by atoms with Gasteiger partial charge in [-0.05, 0) is 62.9 Å². The average molecular weight is 318 g/mol. The van der Waals surface area contributed by atoms with Crippen molar-refractivity contribution in [1.82, 2.24) is 0 Å². The van der Waals surface area contributed by atoms with Gasteiger partial charge in [0.25, 0.3) is 0 Å². The molecule has 0 heterocycles. The molecule has 4 bridgehead atoms. The molecule has 4 aliphatic carbocycles. The van der Waals surface area contributed by atoms with Crippen LogP contribution in [0.25, 0.3) is 0 Å². The molecule has 4 nitrogen and oxygen atoms in total.